The Balaban J connectivity index is 1.43. The molecule has 180 valence electrons. The maximum Gasteiger partial charge on any atom is 0.339 e. The van der Waals surface area contributed by atoms with Crippen LogP contribution >= 0.6 is 0 Å². The number of rotatable bonds is 1. The number of cyclic esters (lactones) is 1. The van der Waals surface area contributed by atoms with E-state index in [-0.39, 0.29) is 24.0 Å². The number of carbonyl (C=O) groups excluding carboxylic acids is 3. The Morgan fingerprint density at radius 3 is 2.50 bits per heavy atom. The molecule has 34 heavy (non-hydrogen) atoms. The van der Waals surface area contributed by atoms with Gasteiger partial charge in [0.15, 0.2) is 6.10 Å². The van der Waals surface area contributed by atoms with Crippen LogP contribution in [0, 0.1) is 28.1 Å². The molecule has 2 aliphatic carbocycles. The fourth-order valence-electron chi connectivity index (χ4n) is 8.86. The smallest absolute Gasteiger partial charge is 0.339 e. The summed E-state index contributed by atoms with van der Waals surface area (Å²) in [7, 11) is 0. The van der Waals surface area contributed by atoms with Gasteiger partial charge >= 0.3 is 11.9 Å². The average Bonchev–Trinajstić information content (AvgIpc) is 3.26. The van der Waals surface area contributed by atoms with Crippen LogP contribution in [0.5, 0.6) is 0 Å². The van der Waals surface area contributed by atoms with E-state index >= 15 is 0 Å². The third-order valence-electron chi connectivity index (χ3n) is 10.3. The molecule has 0 amide bonds. The fourth-order valence-corrected chi connectivity index (χ4v) is 8.86. The van der Waals surface area contributed by atoms with Gasteiger partial charge in [-0.1, -0.05) is 13.0 Å². The molecular weight excluding hydrogens is 440 g/mol. The van der Waals surface area contributed by atoms with E-state index < -0.39 is 57.9 Å². The van der Waals surface area contributed by atoms with Crippen molar-refractivity contribution in [2.75, 3.05) is 0 Å². The van der Waals surface area contributed by atoms with E-state index in [9.17, 15) is 14.4 Å². The topological polar surface area (TPSA) is 105 Å². The molecule has 7 rings (SSSR count). The molecule has 9 atom stereocenters. The van der Waals surface area contributed by atoms with Crippen LogP contribution < -0.4 is 0 Å². The molecule has 5 fully saturated rings. The first-order valence-corrected chi connectivity index (χ1v) is 12.0. The van der Waals surface area contributed by atoms with E-state index in [1.807, 2.05) is 26.8 Å². The van der Waals surface area contributed by atoms with E-state index in [0.29, 0.717) is 12.8 Å². The molecule has 3 saturated heterocycles. The molecule has 8 heteroatoms. The zero-order chi connectivity index (χ0) is 23.9. The molecule has 2 spiro atoms. The normalized spacial score (nSPS) is 51.9. The average molecular weight is 469 g/mol. The monoisotopic (exact) mass is 468 g/mol. The van der Waals surface area contributed by atoms with Crippen molar-refractivity contribution in [3.05, 3.63) is 36.3 Å². The van der Waals surface area contributed by atoms with Gasteiger partial charge in [0, 0.05) is 29.4 Å². The van der Waals surface area contributed by atoms with Gasteiger partial charge in [0.05, 0.1) is 29.0 Å². The van der Waals surface area contributed by atoms with Crippen LogP contribution in [0.4, 0.5) is 0 Å². The summed E-state index contributed by atoms with van der Waals surface area (Å²) in [4.78, 5) is 39.5. The summed E-state index contributed by atoms with van der Waals surface area (Å²) in [5, 5.41) is 0. The predicted molar refractivity (Wildman–Crippen MR) is 114 cm³/mol. The van der Waals surface area contributed by atoms with Gasteiger partial charge in [-0.25, -0.2) is 9.59 Å². The lowest BCUT2D eigenvalue weighted by Crippen LogP contribution is -2.71. The number of ketones is 1. The first-order chi connectivity index (χ1) is 16.0. The standard InChI is InChI=1S/C26H28O8/c1-22(2)15-11-16(27)24(4)14(25(15)9-6-17(28)31-21(25)34-22)5-8-23(3)18(13-7-10-30-12-13)32-20(29)19-26(23,24)33-19/h6-7,9-10,12,14-15,18-19,21H,5,8,11H2,1-4H3/t14?,15?,18-,19+,21-,23-,24-,25-,26+/m0/s1. The molecule has 0 N–H and O–H groups in total. The van der Waals surface area contributed by atoms with Crippen LogP contribution in [-0.2, 0) is 33.3 Å². The Morgan fingerprint density at radius 2 is 1.76 bits per heavy atom. The highest BCUT2D eigenvalue weighted by Gasteiger charge is 2.89. The molecule has 1 aromatic rings. The summed E-state index contributed by atoms with van der Waals surface area (Å²) >= 11 is 0. The number of furan rings is 1. The quantitative estimate of drug-likeness (QED) is 0.457. The van der Waals surface area contributed by atoms with Crippen LogP contribution in [0.3, 0.4) is 0 Å². The lowest BCUT2D eigenvalue weighted by atomic mass is 9.37. The first kappa shape index (κ1) is 20.9. The van der Waals surface area contributed by atoms with Crippen LogP contribution in [0.15, 0.2) is 35.2 Å². The van der Waals surface area contributed by atoms with Crippen molar-refractivity contribution in [1.82, 2.24) is 0 Å². The third kappa shape index (κ3) is 1.97. The molecule has 2 unspecified atom stereocenters. The Labute approximate surface area is 196 Å². The SMILES string of the molecule is CC1(C)O[C@@H]2OC(=O)C=C[C@]23C1CC(=O)[C@]1(C)C3CC[C@@]2(C)[C@H](c3ccoc3)OC(=O)[C@H]3O[C@]321. The Kier molecular flexibility index (Phi) is 3.59. The maximum absolute atomic E-state index is 14.2. The second-order valence-corrected chi connectivity index (χ2v) is 11.8. The maximum atomic E-state index is 14.2. The first-order valence-electron chi connectivity index (χ1n) is 12.0. The number of Topliss-reactive ketones (excluding diaryl/α,β-unsaturated/α-hetero) is 1. The molecule has 6 aliphatic rings. The summed E-state index contributed by atoms with van der Waals surface area (Å²) < 4.78 is 29.6. The molecule has 0 bridgehead atoms. The van der Waals surface area contributed by atoms with Gasteiger partial charge < -0.3 is 23.4 Å². The van der Waals surface area contributed by atoms with Gasteiger partial charge in [0.25, 0.3) is 0 Å². The summed E-state index contributed by atoms with van der Waals surface area (Å²) in [5.74, 6) is -1.19. The van der Waals surface area contributed by atoms with Gasteiger partial charge in [-0.3, -0.25) is 4.79 Å². The molecule has 5 heterocycles. The van der Waals surface area contributed by atoms with Crippen LogP contribution in [-0.4, -0.2) is 41.3 Å². The van der Waals surface area contributed by atoms with Crippen molar-refractivity contribution in [2.24, 2.45) is 28.1 Å². The summed E-state index contributed by atoms with van der Waals surface area (Å²) in [5.41, 5.74) is -3.18. The number of esters is 2. The lowest BCUT2D eigenvalue weighted by molar-refractivity contribution is -0.229. The number of ether oxygens (including phenoxy) is 4. The number of hydrogen-bond donors (Lipinski definition) is 0. The Morgan fingerprint density at radius 1 is 0.971 bits per heavy atom. The van der Waals surface area contributed by atoms with Gasteiger partial charge in [0.1, 0.15) is 17.5 Å². The Bertz CT molecular complexity index is 1170. The minimum atomic E-state index is -1.01. The van der Waals surface area contributed by atoms with Gasteiger partial charge in [-0.15, -0.1) is 0 Å². The number of fused-ring (bicyclic) bond motifs is 1. The fraction of sp³-hybridized carbons (Fsp3) is 0.654. The molecular formula is C26H28O8. The second-order valence-electron chi connectivity index (χ2n) is 11.8. The minimum Gasteiger partial charge on any atom is -0.472 e. The van der Waals surface area contributed by atoms with E-state index in [1.54, 1.807) is 18.6 Å². The Hall–Kier alpha value is -2.45. The summed E-state index contributed by atoms with van der Waals surface area (Å²) in [6.45, 7) is 7.95. The molecule has 2 saturated carbocycles. The highest BCUT2D eigenvalue weighted by atomic mass is 16.7. The van der Waals surface area contributed by atoms with E-state index in [1.165, 1.54) is 6.08 Å². The van der Waals surface area contributed by atoms with E-state index in [2.05, 4.69) is 6.92 Å². The van der Waals surface area contributed by atoms with Gasteiger partial charge in [0.2, 0.25) is 6.29 Å². The molecule has 4 aliphatic heterocycles. The predicted octanol–water partition coefficient (Wildman–Crippen LogP) is 3.26. The summed E-state index contributed by atoms with van der Waals surface area (Å²) in [6.07, 6.45) is 6.02. The van der Waals surface area contributed by atoms with Crippen molar-refractivity contribution in [1.29, 1.82) is 0 Å². The molecule has 8 nitrogen and oxygen atoms in total. The van der Waals surface area contributed by atoms with Crippen LogP contribution in [0.25, 0.3) is 0 Å². The van der Waals surface area contributed by atoms with E-state index in [0.717, 1.165) is 5.56 Å². The lowest BCUT2D eigenvalue weighted by Gasteiger charge is -2.64. The number of hydrogen-bond acceptors (Lipinski definition) is 8. The van der Waals surface area contributed by atoms with Crippen LogP contribution in [0.2, 0.25) is 0 Å². The molecule has 0 radical (unpaired) electrons. The van der Waals surface area contributed by atoms with Crippen molar-refractivity contribution in [3.8, 4) is 0 Å². The van der Waals surface area contributed by atoms with Crippen LogP contribution in [0.1, 0.15) is 58.6 Å². The highest BCUT2D eigenvalue weighted by molar-refractivity contribution is 5.93. The number of carbonyl (C=O) groups is 3. The van der Waals surface area contributed by atoms with Crippen molar-refractivity contribution in [3.63, 3.8) is 0 Å². The van der Waals surface area contributed by atoms with Crippen molar-refractivity contribution in [2.45, 2.75) is 76.7 Å². The summed E-state index contributed by atoms with van der Waals surface area (Å²) in [6, 6.07) is 1.80. The van der Waals surface area contributed by atoms with Gasteiger partial charge in [-0.05, 0) is 45.6 Å². The van der Waals surface area contributed by atoms with Crippen molar-refractivity contribution < 1.29 is 37.7 Å². The number of epoxide rings is 1. The molecule has 0 aromatic carbocycles. The second kappa shape index (κ2) is 5.85. The minimum absolute atomic E-state index is 0.0739. The van der Waals surface area contributed by atoms with Crippen molar-refractivity contribution >= 4 is 17.7 Å². The van der Waals surface area contributed by atoms with E-state index in [4.69, 9.17) is 23.4 Å². The van der Waals surface area contributed by atoms with Gasteiger partial charge in [-0.2, -0.15) is 0 Å². The molecule has 1 aromatic heterocycles. The zero-order valence-corrected chi connectivity index (χ0v) is 19.7. The third-order valence-corrected chi connectivity index (χ3v) is 10.3. The largest absolute Gasteiger partial charge is 0.472 e. The zero-order valence-electron chi connectivity index (χ0n) is 19.7. The highest BCUT2D eigenvalue weighted by Crippen LogP contribution is 2.79.